The quantitative estimate of drug-likeness (QED) is 0.890. The molecule has 1 saturated heterocycles. The summed E-state index contributed by atoms with van der Waals surface area (Å²) in [5, 5.41) is 2.88. The second-order valence-corrected chi connectivity index (χ2v) is 6.20. The van der Waals surface area contributed by atoms with Gasteiger partial charge in [0.05, 0.1) is 11.9 Å². The van der Waals surface area contributed by atoms with Gasteiger partial charge < -0.3 is 16.0 Å². The van der Waals surface area contributed by atoms with Crippen LogP contribution in [0.25, 0.3) is 0 Å². The number of pyridine rings is 1. The largest absolute Gasteiger partial charge is 0.370 e. The molecule has 2 fully saturated rings. The smallest absolute Gasteiger partial charge is 0.225 e. The zero-order valence-electron chi connectivity index (χ0n) is 12.4. The highest BCUT2D eigenvalue weighted by atomic mass is 16.1. The Kier molecular flexibility index (Phi) is 4.39. The van der Waals surface area contributed by atoms with Crippen molar-refractivity contribution in [2.24, 2.45) is 11.7 Å². The molecule has 1 amide bonds. The number of rotatable bonds is 4. The van der Waals surface area contributed by atoms with Gasteiger partial charge in [0.15, 0.2) is 0 Å². The monoisotopic (exact) mass is 288 g/mol. The average molecular weight is 288 g/mol. The predicted octanol–water partition coefficient (Wildman–Crippen LogP) is 2.14. The first-order valence-electron chi connectivity index (χ1n) is 7.99. The number of amides is 1. The summed E-state index contributed by atoms with van der Waals surface area (Å²) in [7, 11) is 0. The molecule has 2 aliphatic rings. The molecule has 2 atom stereocenters. The molecule has 1 aliphatic carbocycles. The van der Waals surface area contributed by atoms with E-state index in [2.05, 4.69) is 15.2 Å². The highest BCUT2D eigenvalue weighted by molar-refractivity contribution is 5.90. The van der Waals surface area contributed by atoms with Crippen LogP contribution < -0.4 is 16.0 Å². The van der Waals surface area contributed by atoms with Crippen LogP contribution >= 0.6 is 0 Å². The van der Waals surface area contributed by atoms with Crippen molar-refractivity contribution in [3.63, 3.8) is 0 Å². The van der Waals surface area contributed by atoms with Crippen molar-refractivity contribution < 1.29 is 4.79 Å². The minimum Gasteiger partial charge on any atom is -0.370 e. The van der Waals surface area contributed by atoms with Gasteiger partial charge in [-0.25, -0.2) is 4.98 Å². The van der Waals surface area contributed by atoms with Crippen LogP contribution in [0.1, 0.15) is 38.5 Å². The third kappa shape index (κ3) is 3.53. The van der Waals surface area contributed by atoms with Crippen LogP contribution in [0.5, 0.6) is 0 Å². The Morgan fingerprint density at radius 3 is 2.71 bits per heavy atom. The summed E-state index contributed by atoms with van der Waals surface area (Å²) in [4.78, 5) is 18.7. The molecule has 3 rings (SSSR count). The van der Waals surface area contributed by atoms with Gasteiger partial charge in [-0.15, -0.1) is 0 Å². The molecule has 0 unspecified atom stereocenters. The van der Waals surface area contributed by atoms with Crippen LogP contribution in [0.3, 0.4) is 0 Å². The van der Waals surface area contributed by atoms with Crippen molar-refractivity contribution in [2.75, 3.05) is 23.3 Å². The standard InChI is InChI=1S/C16H24N4O/c17-14-5-3-4-12(14)10-16(21)19-15-7-6-13(11-18-15)20-8-1-2-9-20/h6-7,11-12,14H,1-5,8-10,17H2,(H,18,19,21)/t12-,14+/m0/s1. The van der Waals surface area contributed by atoms with Crippen LogP contribution in [-0.4, -0.2) is 30.0 Å². The SMILES string of the molecule is N[C@@H]1CCC[C@H]1CC(=O)Nc1ccc(N2CCCC2)cn1. The van der Waals surface area contributed by atoms with E-state index in [1.807, 2.05) is 18.3 Å². The van der Waals surface area contributed by atoms with Crippen LogP contribution in [0.15, 0.2) is 18.3 Å². The van der Waals surface area contributed by atoms with E-state index in [4.69, 9.17) is 5.73 Å². The van der Waals surface area contributed by atoms with E-state index in [1.54, 1.807) is 0 Å². The minimum absolute atomic E-state index is 0.0266. The molecule has 114 valence electrons. The van der Waals surface area contributed by atoms with Crippen LogP contribution in [0.4, 0.5) is 11.5 Å². The van der Waals surface area contributed by atoms with E-state index in [-0.39, 0.29) is 11.9 Å². The normalized spacial score (nSPS) is 25.3. The van der Waals surface area contributed by atoms with Crippen molar-refractivity contribution in [1.29, 1.82) is 0 Å². The summed E-state index contributed by atoms with van der Waals surface area (Å²) in [6, 6.07) is 4.11. The van der Waals surface area contributed by atoms with E-state index in [0.717, 1.165) is 38.0 Å². The van der Waals surface area contributed by atoms with Gasteiger partial charge in [-0.2, -0.15) is 0 Å². The van der Waals surface area contributed by atoms with E-state index in [1.165, 1.54) is 12.8 Å². The molecule has 0 bridgehead atoms. The van der Waals surface area contributed by atoms with E-state index < -0.39 is 0 Å². The Labute approximate surface area is 125 Å². The Balaban J connectivity index is 1.53. The first kappa shape index (κ1) is 14.3. The van der Waals surface area contributed by atoms with Crippen molar-refractivity contribution in [3.05, 3.63) is 18.3 Å². The van der Waals surface area contributed by atoms with Crippen LogP contribution in [0, 0.1) is 5.92 Å². The summed E-state index contributed by atoms with van der Waals surface area (Å²) >= 11 is 0. The summed E-state index contributed by atoms with van der Waals surface area (Å²) in [5.74, 6) is 0.988. The minimum atomic E-state index is 0.0266. The highest BCUT2D eigenvalue weighted by Gasteiger charge is 2.26. The molecule has 2 heterocycles. The number of nitrogens with zero attached hydrogens (tertiary/aromatic N) is 2. The molecular formula is C16H24N4O. The Hall–Kier alpha value is -1.62. The Bertz CT molecular complexity index is 482. The number of carbonyl (C=O) groups excluding carboxylic acids is 1. The van der Waals surface area contributed by atoms with Gasteiger partial charge in [0.25, 0.3) is 0 Å². The van der Waals surface area contributed by atoms with Crippen LogP contribution in [0.2, 0.25) is 0 Å². The molecule has 21 heavy (non-hydrogen) atoms. The van der Waals surface area contributed by atoms with Crippen molar-refractivity contribution in [3.8, 4) is 0 Å². The van der Waals surface area contributed by atoms with E-state index >= 15 is 0 Å². The third-order valence-electron chi connectivity index (χ3n) is 4.65. The Morgan fingerprint density at radius 2 is 2.10 bits per heavy atom. The summed E-state index contributed by atoms with van der Waals surface area (Å²) < 4.78 is 0. The average Bonchev–Trinajstić information content (AvgIpc) is 3.12. The summed E-state index contributed by atoms with van der Waals surface area (Å²) in [5.41, 5.74) is 7.15. The Morgan fingerprint density at radius 1 is 1.29 bits per heavy atom. The lowest BCUT2D eigenvalue weighted by atomic mass is 10.00. The summed E-state index contributed by atoms with van der Waals surface area (Å²) in [6.07, 6.45) is 8.11. The second-order valence-electron chi connectivity index (χ2n) is 6.20. The van der Waals surface area contributed by atoms with Crippen molar-refractivity contribution in [2.45, 2.75) is 44.6 Å². The fourth-order valence-electron chi connectivity index (χ4n) is 3.37. The number of hydrogen-bond donors (Lipinski definition) is 2. The molecule has 5 nitrogen and oxygen atoms in total. The fourth-order valence-corrected chi connectivity index (χ4v) is 3.37. The van der Waals surface area contributed by atoms with Gasteiger partial charge >= 0.3 is 0 Å². The molecule has 5 heteroatoms. The van der Waals surface area contributed by atoms with Gasteiger partial charge in [-0.3, -0.25) is 4.79 Å². The molecule has 1 saturated carbocycles. The summed E-state index contributed by atoms with van der Waals surface area (Å²) in [6.45, 7) is 2.21. The molecule has 1 aromatic heterocycles. The number of nitrogens with one attached hydrogen (secondary N) is 1. The molecule has 0 radical (unpaired) electrons. The predicted molar refractivity (Wildman–Crippen MR) is 84.2 cm³/mol. The molecule has 3 N–H and O–H groups in total. The first-order valence-corrected chi connectivity index (χ1v) is 7.99. The number of aromatic nitrogens is 1. The van der Waals surface area contributed by atoms with Crippen molar-refractivity contribution in [1.82, 2.24) is 4.98 Å². The topological polar surface area (TPSA) is 71.2 Å². The maximum atomic E-state index is 12.0. The van der Waals surface area contributed by atoms with Gasteiger partial charge in [0, 0.05) is 25.6 Å². The number of hydrogen-bond acceptors (Lipinski definition) is 4. The number of nitrogens with two attached hydrogens (primary N) is 1. The lowest BCUT2D eigenvalue weighted by Gasteiger charge is -2.17. The fraction of sp³-hybridized carbons (Fsp3) is 0.625. The lowest BCUT2D eigenvalue weighted by molar-refractivity contribution is -0.117. The van der Waals surface area contributed by atoms with Crippen molar-refractivity contribution >= 4 is 17.4 Å². The second kappa shape index (κ2) is 6.43. The maximum absolute atomic E-state index is 12.0. The van der Waals surface area contributed by atoms with Gasteiger partial charge in [0.2, 0.25) is 5.91 Å². The highest BCUT2D eigenvalue weighted by Crippen LogP contribution is 2.27. The molecular weight excluding hydrogens is 264 g/mol. The van der Waals surface area contributed by atoms with Gasteiger partial charge in [-0.05, 0) is 43.7 Å². The zero-order valence-corrected chi connectivity index (χ0v) is 12.4. The van der Waals surface area contributed by atoms with Gasteiger partial charge in [-0.1, -0.05) is 6.42 Å². The molecule has 0 aromatic carbocycles. The maximum Gasteiger partial charge on any atom is 0.225 e. The van der Waals surface area contributed by atoms with E-state index in [9.17, 15) is 4.79 Å². The van der Waals surface area contributed by atoms with Crippen LogP contribution in [-0.2, 0) is 4.79 Å². The number of carbonyl (C=O) groups is 1. The first-order chi connectivity index (χ1) is 10.2. The third-order valence-corrected chi connectivity index (χ3v) is 4.65. The molecule has 1 aromatic rings. The lowest BCUT2D eigenvalue weighted by Crippen LogP contribution is -2.28. The molecule has 1 aliphatic heterocycles. The number of anilines is 2. The van der Waals surface area contributed by atoms with E-state index in [0.29, 0.717) is 18.2 Å². The zero-order chi connectivity index (χ0) is 14.7. The van der Waals surface area contributed by atoms with Gasteiger partial charge in [0.1, 0.15) is 5.82 Å². The molecule has 0 spiro atoms.